The Morgan fingerprint density at radius 2 is 2.05 bits per heavy atom. The molecule has 0 aliphatic heterocycles. The third-order valence-electron chi connectivity index (χ3n) is 2.29. The van der Waals surface area contributed by atoms with Crippen LogP contribution in [0.2, 0.25) is 0 Å². The SMILES string of the molecule is Cc1ccc(C#N)c(Oc2cc(Br)cc(F)c2F)n1. The summed E-state index contributed by atoms with van der Waals surface area (Å²) in [5.41, 5.74) is 0.746. The fraction of sp³-hybridized carbons (Fsp3) is 0.0769. The van der Waals surface area contributed by atoms with Crippen molar-refractivity contribution in [2.75, 3.05) is 0 Å². The maximum atomic E-state index is 13.6. The average Bonchev–Trinajstić information content (AvgIpc) is 2.35. The summed E-state index contributed by atoms with van der Waals surface area (Å²) in [5.74, 6) is -2.56. The summed E-state index contributed by atoms with van der Waals surface area (Å²) >= 11 is 3.04. The van der Waals surface area contributed by atoms with Crippen molar-refractivity contribution in [3.63, 3.8) is 0 Å². The van der Waals surface area contributed by atoms with Gasteiger partial charge in [-0.15, -0.1) is 0 Å². The molecule has 0 fully saturated rings. The van der Waals surface area contributed by atoms with Gasteiger partial charge in [-0.1, -0.05) is 15.9 Å². The van der Waals surface area contributed by atoms with E-state index in [2.05, 4.69) is 20.9 Å². The third kappa shape index (κ3) is 2.88. The molecule has 0 amide bonds. The Labute approximate surface area is 116 Å². The lowest BCUT2D eigenvalue weighted by molar-refractivity contribution is 0.403. The Hall–Kier alpha value is -2.00. The van der Waals surface area contributed by atoms with E-state index in [4.69, 9.17) is 10.00 Å². The summed E-state index contributed by atoms with van der Waals surface area (Å²) in [7, 11) is 0. The van der Waals surface area contributed by atoms with Gasteiger partial charge in [0.15, 0.2) is 11.6 Å². The van der Waals surface area contributed by atoms with Crippen molar-refractivity contribution < 1.29 is 13.5 Å². The molecule has 0 aliphatic carbocycles. The van der Waals surface area contributed by atoms with Crippen LogP contribution in [0.4, 0.5) is 8.78 Å². The van der Waals surface area contributed by atoms with E-state index in [1.165, 1.54) is 12.1 Å². The summed E-state index contributed by atoms with van der Waals surface area (Å²) < 4.78 is 32.3. The number of ether oxygens (including phenoxy) is 1. The molecule has 2 aromatic rings. The molecular weight excluding hydrogens is 318 g/mol. The fourth-order valence-corrected chi connectivity index (χ4v) is 1.82. The first kappa shape index (κ1) is 13.4. The molecule has 0 bridgehead atoms. The molecule has 0 radical (unpaired) electrons. The smallest absolute Gasteiger partial charge is 0.237 e. The van der Waals surface area contributed by atoms with E-state index in [1.807, 2.05) is 6.07 Å². The molecule has 96 valence electrons. The molecule has 0 saturated carbocycles. The molecule has 0 N–H and O–H groups in total. The van der Waals surface area contributed by atoms with E-state index in [0.29, 0.717) is 10.2 Å². The normalized spacial score (nSPS) is 10.1. The number of aromatic nitrogens is 1. The van der Waals surface area contributed by atoms with Gasteiger partial charge in [0.25, 0.3) is 0 Å². The van der Waals surface area contributed by atoms with Crippen molar-refractivity contribution >= 4 is 15.9 Å². The lowest BCUT2D eigenvalue weighted by Crippen LogP contribution is -1.97. The highest BCUT2D eigenvalue weighted by molar-refractivity contribution is 9.10. The monoisotopic (exact) mass is 324 g/mol. The average molecular weight is 325 g/mol. The van der Waals surface area contributed by atoms with Crippen LogP contribution < -0.4 is 4.74 Å². The van der Waals surface area contributed by atoms with E-state index < -0.39 is 11.6 Å². The van der Waals surface area contributed by atoms with Crippen LogP contribution in [0.5, 0.6) is 11.6 Å². The highest BCUT2D eigenvalue weighted by Gasteiger charge is 2.15. The van der Waals surface area contributed by atoms with E-state index in [9.17, 15) is 8.78 Å². The van der Waals surface area contributed by atoms with Crippen molar-refractivity contribution in [2.24, 2.45) is 0 Å². The second-order valence-corrected chi connectivity index (χ2v) is 4.63. The van der Waals surface area contributed by atoms with Gasteiger partial charge in [-0.2, -0.15) is 9.65 Å². The van der Waals surface area contributed by atoms with Crippen LogP contribution >= 0.6 is 15.9 Å². The third-order valence-corrected chi connectivity index (χ3v) is 2.74. The van der Waals surface area contributed by atoms with Crippen LogP contribution in [0, 0.1) is 29.9 Å². The fourth-order valence-electron chi connectivity index (χ4n) is 1.41. The van der Waals surface area contributed by atoms with Gasteiger partial charge in [-0.25, -0.2) is 9.37 Å². The lowest BCUT2D eigenvalue weighted by atomic mass is 10.2. The number of benzene rings is 1. The quantitative estimate of drug-likeness (QED) is 0.781. The molecule has 1 aromatic heterocycles. The van der Waals surface area contributed by atoms with Gasteiger partial charge in [-0.3, -0.25) is 0 Å². The molecular formula is C13H7BrF2N2O. The Bertz CT molecular complexity index is 683. The summed E-state index contributed by atoms with van der Waals surface area (Å²) in [5, 5.41) is 8.92. The lowest BCUT2D eigenvalue weighted by Gasteiger charge is -2.08. The largest absolute Gasteiger partial charge is 0.434 e. The molecule has 19 heavy (non-hydrogen) atoms. The zero-order chi connectivity index (χ0) is 14.0. The second-order valence-electron chi connectivity index (χ2n) is 3.72. The number of pyridine rings is 1. The standard InChI is InChI=1S/C13H7BrF2N2O/c1-7-2-3-8(6-17)13(18-7)19-11-5-9(14)4-10(15)12(11)16/h2-5H,1H3. The van der Waals surface area contributed by atoms with Crippen LogP contribution in [0.3, 0.4) is 0 Å². The zero-order valence-electron chi connectivity index (χ0n) is 9.75. The van der Waals surface area contributed by atoms with Crippen LogP contribution in [-0.4, -0.2) is 4.98 Å². The first-order chi connectivity index (χ1) is 9.01. The Balaban J connectivity index is 2.47. The number of hydrogen-bond acceptors (Lipinski definition) is 3. The molecule has 0 unspecified atom stereocenters. The van der Waals surface area contributed by atoms with Crippen molar-refractivity contribution in [2.45, 2.75) is 6.92 Å². The minimum Gasteiger partial charge on any atom is -0.434 e. The number of nitrogens with zero attached hydrogens (tertiary/aromatic N) is 2. The molecule has 0 atom stereocenters. The summed E-state index contributed by atoms with van der Waals surface area (Å²) in [6.45, 7) is 1.70. The number of hydrogen-bond donors (Lipinski definition) is 0. The zero-order valence-corrected chi connectivity index (χ0v) is 11.3. The molecule has 1 heterocycles. The van der Waals surface area contributed by atoms with Gasteiger partial charge in [0.1, 0.15) is 11.6 Å². The van der Waals surface area contributed by atoms with Crippen LogP contribution in [0.25, 0.3) is 0 Å². The molecule has 0 spiro atoms. The first-order valence-electron chi connectivity index (χ1n) is 5.21. The minimum atomic E-state index is -1.13. The van der Waals surface area contributed by atoms with Gasteiger partial charge in [0.05, 0.1) is 0 Å². The van der Waals surface area contributed by atoms with Crippen LogP contribution in [0.15, 0.2) is 28.7 Å². The highest BCUT2D eigenvalue weighted by Crippen LogP contribution is 2.30. The molecule has 2 rings (SSSR count). The molecule has 0 aliphatic rings. The Morgan fingerprint density at radius 1 is 1.32 bits per heavy atom. The summed E-state index contributed by atoms with van der Waals surface area (Å²) in [6.07, 6.45) is 0. The predicted molar refractivity (Wildman–Crippen MR) is 67.8 cm³/mol. The van der Waals surface area contributed by atoms with E-state index >= 15 is 0 Å². The minimum absolute atomic E-state index is 0.0566. The van der Waals surface area contributed by atoms with Crippen molar-refractivity contribution in [1.82, 2.24) is 4.98 Å². The topological polar surface area (TPSA) is 45.9 Å². The van der Waals surface area contributed by atoms with E-state index in [-0.39, 0.29) is 17.2 Å². The van der Waals surface area contributed by atoms with Crippen LogP contribution in [0.1, 0.15) is 11.3 Å². The molecule has 0 saturated heterocycles. The van der Waals surface area contributed by atoms with Gasteiger partial charge in [0, 0.05) is 10.2 Å². The molecule has 1 aromatic carbocycles. The number of aryl methyl sites for hydroxylation is 1. The first-order valence-corrected chi connectivity index (χ1v) is 6.00. The Morgan fingerprint density at radius 3 is 2.74 bits per heavy atom. The predicted octanol–water partition coefficient (Wildman–Crippen LogP) is 4.09. The summed E-state index contributed by atoms with van der Waals surface area (Å²) in [4.78, 5) is 3.99. The summed E-state index contributed by atoms with van der Waals surface area (Å²) in [6, 6.07) is 7.26. The maximum absolute atomic E-state index is 13.6. The van der Waals surface area contributed by atoms with Gasteiger partial charge < -0.3 is 4.74 Å². The van der Waals surface area contributed by atoms with Gasteiger partial charge >= 0.3 is 0 Å². The van der Waals surface area contributed by atoms with Crippen molar-refractivity contribution in [3.05, 3.63) is 51.6 Å². The van der Waals surface area contributed by atoms with Crippen molar-refractivity contribution in [3.8, 4) is 17.7 Å². The van der Waals surface area contributed by atoms with Gasteiger partial charge in [0.2, 0.25) is 11.7 Å². The van der Waals surface area contributed by atoms with E-state index in [0.717, 1.165) is 6.07 Å². The van der Waals surface area contributed by atoms with E-state index in [1.54, 1.807) is 13.0 Å². The Kier molecular flexibility index (Phi) is 3.76. The maximum Gasteiger partial charge on any atom is 0.237 e. The molecule has 3 nitrogen and oxygen atoms in total. The van der Waals surface area contributed by atoms with Crippen LogP contribution in [-0.2, 0) is 0 Å². The molecule has 6 heteroatoms. The van der Waals surface area contributed by atoms with Gasteiger partial charge in [-0.05, 0) is 31.2 Å². The number of rotatable bonds is 2. The second kappa shape index (κ2) is 5.33. The van der Waals surface area contributed by atoms with Crippen molar-refractivity contribution in [1.29, 1.82) is 5.26 Å². The highest BCUT2D eigenvalue weighted by atomic mass is 79.9. The number of halogens is 3. The number of nitriles is 1.